The Hall–Kier alpha value is -0.900. The lowest BCUT2D eigenvalue weighted by Gasteiger charge is -2.15. The molecular weight excluding hydrogens is 202 g/mol. The minimum absolute atomic E-state index is 0.00612. The smallest absolute Gasteiger partial charge is 0.0638 e. The Kier molecular flexibility index (Phi) is 5.46. The fraction of sp³-hybridized carbons (Fsp3) is 0.538. The molecule has 0 saturated heterocycles. The topological polar surface area (TPSA) is 41.5 Å². The zero-order valence-electron chi connectivity index (χ0n) is 10.3. The number of rotatable bonds is 6. The lowest BCUT2D eigenvalue weighted by atomic mass is 10.1. The number of hydrogen-bond donors (Lipinski definition) is 2. The monoisotopic (exact) mass is 223 g/mol. The van der Waals surface area contributed by atoms with Crippen LogP contribution in [0, 0.1) is 13.8 Å². The first-order chi connectivity index (χ1) is 7.67. The molecule has 0 saturated carbocycles. The first-order valence-corrected chi connectivity index (χ1v) is 5.56. The number of hydrogen-bond acceptors (Lipinski definition) is 3. The molecule has 0 aliphatic rings. The van der Waals surface area contributed by atoms with E-state index in [-0.39, 0.29) is 12.6 Å². The van der Waals surface area contributed by atoms with Gasteiger partial charge in [0.1, 0.15) is 0 Å². The maximum absolute atomic E-state index is 9.09. The Morgan fingerprint density at radius 2 is 2.06 bits per heavy atom. The molecule has 0 heterocycles. The third-order valence-electron chi connectivity index (χ3n) is 2.75. The third kappa shape index (κ3) is 3.93. The summed E-state index contributed by atoms with van der Waals surface area (Å²) >= 11 is 0. The molecule has 0 aliphatic carbocycles. The van der Waals surface area contributed by atoms with Crippen LogP contribution in [0.15, 0.2) is 18.2 Å². The minimum Gasteiger partial charge on any atom is -0.395 e. The number of methoxy groups -OCH3 is 1. The van der Waals surface area contributed by atoms with Crippen molar-refractivity contribution in [1.82, 2.24) is 5.32 Å². The van der Waals surface area contributed by atoms with Crippen molar-refractivity contribution in [3.05, 3.63) is 34.9 Å². The van der Waals surface area contributed by atoms with Gasteiger partial charge in [-0.05, 0) is 30.5 Å². The average Bonchev–Trinajstić information content (AvgIpc) is 2.28. The molecule has 0 fully saturated rings. The van der Waals surface area contributed by atoms with Crippen LogP contribution >= 0.6 is 0 Å². The van der Waals surface area contributed by atoms with Gasteiger partial charge in [0.15, 0.2) is 0 Å². The summed E-state index contributed by atoms with van der Waals surface area (Å²) in [6.45, 7) is 5.60. The van der Waals surface area contributed by atoms with Crippen LogP contribution in [0.2, 0.25) is 0 Å². The zero-order chi connectivity index (χ0) is 12.0. The summed E-state index contributed by atoms with van der Waals surface area (Å²) in [5.41, 5.74) is 3.84. The molecule has 0 aliphatic heterocycles. The Labute approximate surface area is 97.4 Å². The molecule has 1 rings (SSSR count). The fourth-order valence-electron chi connectivity index (χ4n) is 1.55. The molecule has 0 radical (unpaired) electrons. The summed E-state index contributed by atoms with van der Waals surface area (Å²) in [5, 5.41) is 12.3. The second kappa shape index (κ2) is 6.63. The molecule has 0 aromatic heterocycles. The minimum atomic E-state index is 0.00612. The highest BCUT2D eigenvalue weighted by atomic mass is 16.5. The van der Waals surface area contributed by atoms with Crippen LogP contribution in [0.25, 0.3) is 0 Å². The maximum Gasteiger partial charge on any atom is 0.0638 e. The molecule has 1 unspecified atom stereocenters. The largest absolute Gasteiger partial charge is 0.395 e. The van der Waals surface area contributed by atoms with Crippen molar-refractivity contribution < 1.29 is 9.84 Å². The standard InChI is InChI=1S/C13H21NO2/c1-10-4-5-12(6-11(10)2)7-14-13(8-15)9-16-3/h4-6,13-15H,7-9H2,1-3H3. The van der Waals surface area contributed by atoms with E-state index in [2.05, 4.69) is 37.4 Å². The molecule has 1 aromatic carbocycles. The first kappa shape index (κ1) is 13.2. The van der Waals surface area contributed by atoms with E-state index < -0.39 is 0 Å². The SMILES string of the molecule is COCC(CO)NCc1ccc(C)c(C)c1. The van der Waals surface area contributed by atoms with Crippen LogP contribution in [-0.4, -0.2) is 31.5 Å². The first-order valence-electron chi connectivity index (χ1n) is 5.56. The van der Waals surface area contributed by atoms with E-state index >= 15 is 0 Å². The highest BCUT2D eigenvalue weighted by molar-refractivity contribution is 5.29. The van der Waals surface area contributed by atoms with Crippen molar-refractivity contribution in [3.8, 4) is 0 Å². The lowest BCUT2D eigenvalue weighted by Crippen LogP contribution is -2.35. The van der Waals surface area contributed by atoms with Gasteiger partial charge in [-0.1, -0.05) is 18.2 Å². The van der Waals surface area contributed by atoms with Gasteiger partial charge in [0.05, 0.1) is 19.3 Å². The summed E-state index contributed by atoms with van der Waals surface area (Å²) in [6.07, 6.45) is 0. The molecule has 16 heavy (non-hydrogen) atoms. The number of benzene rings is 1. The number of nitrogens with one attached hydrogen (secondary N) is 1. The Morgan fingerprint density at radius 1 is 1.31 bits per heavy atom. The summed E-state index contributed by atoms with van der Waals surface area (Å²) in [7, 11) is 1.64. The molecular formula is C13H21NO2. The van der Waals surface area contributed by atoms with Crippen molar-refractivity contribution in [2.24, 2.45) is 0 Å². The van der Waals surface area contributed by atoms with E-state index in [9.17, 15) is 0 Å². The highest BCUT2D eigenvalue weighted by Gasteiger charge is 2.05. The van der Waals surface area contributed by atoms with E-state index in [1.54, 1.807) is 7.11 Å². The van der Waals surface area contributed by atoms with Gasteiger partial charge in [0.25, 0.3) is 0 Å². The Bertz CT molecular complexity index is 326. The van der Waals surface area contributed by atoms with Crippen molar-refractivity contribution in [3.63, 3.8) is 0 Å². The van der Waals surface area contributed by atoms with E-state index in [1.165, 1.54) is 16.7 Å². The van der Waals surface area contributed by atoms with Crippen LogP contribution in [0.1, 0.15) is 16.7 Å². The number of aryl methyl sites for hydroxylation is 2. The molecule has 0 spiro atoms. The second-order valence-electron chi connectivity index (χ2n) is 4.13. The Morgan fingerprint density at radius 3 is 2.62 bits per heavy atom. The maximum atomic E-state index is 9.09. The molecule has 0 bridgehead atoms. The van der Waals surface area contributed by atoms with Crippen molar-refractivity contribution in [2.45, 2.75) is 26.4 Å². The van der Waals surface area contributed by atoms with Crippen LogP contribution < -0.4 is 5.32 Å². The van der Waals surface area contributed by atoms with Gasteiger partial charge in [0.2, 0.25) is 0 Å². The molecule has 1 aromatic rings. The highest BCUT2D eigenvalue weighted by Crippen LogP contribution is 2.09. The van der Waals surface area contributed by atoms with Crippen molar-refractivity contribution >= 4 is 0 Å². The van der Waals surface area contributed by atoms with Crippen molar-refractivity contribution in [1.29, 1.82) is 0 Å². The molecule has 3 heteroatoms. The lowest BCUT2D eigenvalue weighted by molar-refractivity contribution is 0.128. The number of ether oxygens (including phenoxy) is 1. The predicted molar refractivity (Wildman–Crippen MR) is 65.5 cm³/mol. The quantitative estimate of drug-likeness (QED) is 0.766. The van der Waals surface area contributed by atoms with Gasteiger partial charge in [-0.2, -0.15) is 0 Å². The molecule has 2 N–H and O–H groups in total. The molecule has 1 atom stereocenters. The summed E-state index contributed by atoms with van der Waals surface area (Å²) < 4.78 is 5.00. The molecule has 90 valence electrons. The van der Waals surface area contributed by atoms with Gasteiger partial charge in [-0.15, -0.1) is 0 Å². The van der Waals surface area contributed by atoms with Crippen LogP contribution in [-0.2, 0) is 11.3 Å². The molecule has 0 amide bonds. The van der Waals surface area contributed by atoms with Crippen molar-refractivity contribution in [2.75, 3.05) is 20.3 Å². The average molecular weight is 223 g/mol. The van der Waals surface area contributed by atoms with E-state index in [1.807, 2.05) is 0 Å². The zero-order valence-corrected chi connectivity index (χ0v) is 10.3. The van der Waals surface area contributed by atoms with E-state index in [0.29, 0.717) is 6.61 Å². The van der Waals surface area contributed by atoms with Crippen LogP contribution in [0.3, 0.4) is 0 Å². The van der Waals surface area contributed by atoms with Gasteiger partial charge in [0, 0.05) is 13.7 Å². The van der Waals surface area contributed by atoms with E-state index in [0.717, 1.165) is 6.54 Å². The number of aliphatic hydroxyl groups excluding tert-OH is 1. The van der Waals surface area contributed by atoms with Gasteiger partial charge in [-0.25, -0.2) is 0 Å². The summed E-state index contributed by atoms with van der Waals surface area (Å²) in [4.78, 5) is 0. The van der Waals surface area contributed by atoms with Gasteiger partial charge in [-0.3, -0.25) is 0 Å². The predicted octanol–water partition coefficient (Wildman–Crippen LogP) is 1.40. The van der Waals surface area contributed by atoms with Gasteiger partial charge >= 0.3 is 0 Å². The third-order valence-corrected chi connectivity index (χ3v) is 2.75. The van der Waals surface area contributed by atoms with Crippen LogP contribution in [0.4, 0.5) is 0 Å². The van der Waals surface area contributed by atoms with Crippen LogP contribution in [0.5, 0.6) is 0 Å². The molecule has 3 nitrogen and oxygen atoms in total. The fourth-order valence-corrected chi connectivity index (χ4v) is 1.55. The normalized spacial score (nSPS) is 12.8. The summed E-state index contributed by atoms with van der Waals surface area (Å²) in [6, 6.07) is 6.41. The summed E-state index contributed by atoms with van der Waals surface area (Å²) in [5.74, 6) is 0. The van der Waals surface area contributed by atoms with Gasteiger partial charge < -0.3 is 15.2 Å². The number of aliphatic hydroxyl groups is 1. The Balaban J connectivity index is 2.50. The van der Waals surface area contributed by atoms with E-state index in [4.69, 9.17) is 9.84 Å². The second-order valence-corrected chi connectivity index (χ2v) is 4.13.